The number of hydrogen-bond acceptors (Lipinski definition) is 3. The molecule has 0 aliphatic rings. The predicted octanol–water partition coefficient (Wildman–Crippen LogP) is 7.47. The van der Waals surface area contributed by atoms with Crippen molar-refractivity contribution in [2.45, 2.75) is 154 Å². The lowest BCUT2D eigenvalue weighted by Gasteiger charge is -2.04. The molecule has 0 aromatic carbocycles. The van der Waals surface area contributed by atoms with Gasteiger partial charge in [0.25, 0.3) is 0 Å². The quantitative estimate of drug-likeness (QED) is 0.139. The first-order valence-electron chi connectivity index (χ1n) is 12.5. The van der Waals surface area contributed by atoms with Gasteiger partial charge in [0.1, 0.15) is 5.78 Å². The molecule has 0 amide bonds. The van der Waals surface area contributed by atoms with Crippen LogP contribution >= 0.6 is 0 Å². The van der Waals surface area contributed by atoms with E-state index in [0.29, 0.717) is 12.8 Å². The standard InChI is InChI=1S/C25H50O3/c1-2-3-4-5-6-7-8-9-10-11-12-13-14-15-16-17-18-19-20-21-24(26)22-23-25(27)28/h25,27-28H,2-23H2,1H3. The van der Waals surface area contributed by atoms with Crippen LogP contribution < -0.4 is 0 Å². The third-order valence-electron chi connectivity index (χ3n) is 5.74. The van der Waals surface area contributed by atoms with Gasteiger partial charge in [0.05, 0.1) is 0 Å². The van der Waals surface area contributed by atoms with Gasteiger partial charge in [-0.2, -0.15) is 0 Å². The van der Waals surface area contributed by atoms with Gasteiger partial charge in [-0.15, -0.1) is 0 Å². The van der Waals surface area contributed by atoms with Crippen molar-refractivity contribution < 1.29 is 15.0 Å². The Hall–Kier alpha value is -0.410. The van der Waals surface area contributed by atoms with Gasteiger partial charge < -0.3 is 10.2 Å². The van der Waals surface area contributed by atoms with Crippen molar-refractivity contribution in [3.63, 3.8) is 0 Å². The Bertz CT molecular complexity index is 315. The van der Waals surface area contributed by atoms with Gasteiger partial charge in [0, 0.05) is 19.3 Å². The van der Waals surface area contributed by atoms with Crippen molar-refractivity contribution in [2.24, 2.45) is 0 Å². The minimum absolute atomic E-state index is 0.167. The molecule has 0 rings (SSSR count). The molecule has 0 saturated carbocycles. The number of unbranched alkanes of at least 4 members (excludes halogenated alkanes) is 18. The molecule has 0 saturated heterocycles. The van der Waals surface area contributed by atoms with Crippen LogP contribution in [0, 0.1) is 0 Å². The highest BCUT2D eigenvalue weighted by Gasteiger charge is 2.05. The van der Waals surface area contributed by atoms with Crippen molar-refractivity contribution in [1.82, 2.24) is 0 Å². The fourth-order valence-corrected chi connectivity index (χ4v) is 3.82. The maximum Gasteiger partial charge on any atom is 0.151 e. The molecule has 0 atom stereocenters. The van der Waals surface area contributed by atoms with Crippen molar-refractivity contribution in [3.05, 3.63) is 0 Å². The fraction of sp³-hybridized carbons (Fsp3) is 0.960. The van der Waals surface area contributed by atoms with Gasteiger partial charge in [-0.25, -0.2) is 0 Å². The summed E-state index contributed by atoms with van der Waals surface area (Å²) in [4.78, 5) is 11.5. The normalized spacial score (nSPS) is 11.4. The molecule has 3 nitrogen and oxygen atoms in total. The molecule has 0 heterocycles. The maximum absolute atomic E-state index is 11.5. The number of carbonyl (C=O) groups is 1. The second-order valence-electron chi connectivity index (χ2n) is 8.67. The molecule has 0 aromatic rings. The first-order chi connectivity index (χ1) is 13.7. The van der Waals surface area contributed by atoms with E-state index in [9.17, 15) is 4.79 Å². The van der Waals surface area contributed by atoms with E-state index in [1.54, 1.807) is 0 Å². The molecule has 0 fully saturated rings. The second-order valence-corrected chi connectivity index (χ2v) is 8.67. The van der Waals surface area contributed by atoms with Gasteiger partial charge >= 0.3 is 0 Å². The van der Waals surface area contributed by atoms with E-state index >= 15 is 0 Å². The van der Waals surface area contributed by atoms with Crippen LogP contribution in [-0.4, -0.2) is 22.3 Å². The van der Waals surface area contributed by atoms with Crippen molar-refractivity contribution >= 4 is 5.78 Å². The van der Waals surface area contributed by atoms with Crippen LogP contribution in [0.2, 0.25) is 0 Å². The molecular weight excluding hydrogens is 348 g/mol. The van der Waals surface area contributed by atoms with E-state index in [-0.39, 0.29) is 12.2 Å². The Morgan fingerprint density at radius 3 is 1.18 bits per heavy atom. The molecular formula is C25H50O3. The Morgan fingerprint density at radius 2 is 0.857 bits per heavy atom. The summed E-state index contributed by atoms with van der Waals surface area (Å²) in [7, 11) is 0. The van der Waals surface area contributed by atoms with E-state index in [1.807, 2.05) is 0 Å². The number of Topliss-reactive ketones (excluding diaryl/α,β-unsaturated/α-hetero) is 1. The van der Waals surface area contributed by atoms with E-state index in [2.05, 4.69) is 6.92 Å². The Balaban J connectivity index is 3.07. The van der Waals surface area contributed by atoms with E-state index in [4.69, 9.17) is 10.2 Å². The van der Waals surface area contributed by atoms with Crippen LogP contribution in [0.1, 0.15) is 148 Å². The van der Waals surface area contributed by atoms with Crippen molar-refractivity contribution in [3.8, 4) is 0 Å². The summed E-state index contributed by atoms with van der Waals surface area (Å²) in [6.45, 7) is 2.28. The number of hydrogen-bond donors (Lipinski definition) is 2. The van der Waals surface area contributed by atoms with Crippen molar-refractivity contribution in [2.75, 3.05) is 0 Å². The molecule has 0 unspecified atom stereocenters. The number of ketones is 1. The van der Waals surface area contributed by atoms with Crippen LogP contribution in [0.25, 0.3) is 0 Å². The van der Waals surface area contributed by atoms with Gasteiger partial charge in [-0.3, -0.25) is 4.79 Å². The average molecular weight is 399 g/mol. The smallest absolute Gasteiger partial charge is 0.151 e. The predicted molar refractivity (Wildman–Crippen MR) is 120 cm³/mol. The molecule has 0 aromatic heterocycles. The van der Waals surface area contributed by atoms with Crippen LogP contribution in [0.5, 0.6) is 0 Å². The highest BCUT2D eigenvalue weighted by Crippen LogP contribution is 2.15. The summed E-state index contributed by atoms with van der Waals surface area (Å²) in [6.07, 6.45) is 25.6. The highest BCUT2D eigenvalue weighted by atomic mass is 16.5. The van der Waals surface area contributed by atoms with E-state index < -0.39 is 6.29 Å². The lowest BCUT2D eigenvalue weighted by atomic mass is 10.0. The van der Waals surface area contributed by atoms with Gasteiger partial charge in [-0.05, 0) is 6.42 Å². The lowest BCUT2D eigenvalue weighted by Crippen LogP contribution is -2.08. The molecule has 0 spiro atoms. The molecule has 2 N–H and O–H groups in total. The SMILES string of the molecule is CCCCCCCCCCCCCCCCCCCCCC(=O)CCC(O)O. The summed E-state index contributed by atoms with van der Waals surface area (Å²) in [5.74, 6) is 0.167. The summed E-state index contributed by atoms with van der Waals surface area (Å²) in [5.41, 5.74) is 0. The second kappa shape index (κ2) is 22.9. The van der Waals surface area contributed by atoms with Crippen molar-refractivity contribution in [1.29, 1.82) is 0 Å². The third-order valence-corrected chi connectivity index (χ3v) is 5.74. The minimum atomic E-state index is -1.34. The minimum Gasteiger partial charge on any atom is -0.368 e. The average Bonchev–Trinajstić information content (AvgIpc) is 2.68. The maximum atomic E-state index is 11.5. The van der Waals surface area contributed by atoms with Crippen LogP contribution in [0.4, 0.5) is 0 Å². The number of rotatable bonds is 23. The zero-order valence-corrected chi connectivity index (χ0v) is 18.9. The highest BCUT2D eigenvalue weighted by molar-refractivity contribution is 5.78. The fourth-order valence-electron chi connectivity index (χ4n) is 3.82. The van der Waals surface area contributed by atoms with Gasteiger partial charge in [0.2, 0.25) is 0 Å². The Labute approximate surface area is 175 Å². The molecule has 0 radical (unpaired) electrons. The van der Waals surface area contributed by atoms with Crippen LogP contribution in [0.15, 0.2) is 0 Å². The molecule has 0 bridgehead atoms. The molecule has 0 aliphatic carbocycles. The Kier molecular flexibility index (Phi) is 22.5. The first kappa shape index (κ1) is 27.6. The summed E-state index contributed by atoms with van der Waals surface area (Å²) >= 11 is 0. The molecule has 28 heavy (non-hydrogen) atoms. The largest absolute Gasteiger partial charge is 0.368 e. The van der Waals surface area contributed by atoms with Gasteiger partial charge in [0.15, 0.2) is 6.29 Å². The van der Waals surface area contributed by atoms with Crippen LogP contribution in [-0.2, 0) is 4.79 Å². The molecule has 0 aliphatic heterocycles. The third kappa shape index (κ3) is 23.6. The van der Waals surface area contributed by atoms with E-state index in [0.717, 1.165) is 12.8 Å². The van der Waals surface area contributed by atoms with Gasteiger partial charge in [-0.1, -0.05) is 122 Å². The van der Waals surface area contributed by atoms with E-state index in [1.165, 1.54) is 109 Å². The summed E-state index contributed by atoms with van der Waals surface area (Å²) in [5, 5.41) is 17.5. The first-order valence-corrected chi connectivity index (χ1v) is 12.5. The summed E-state index contributed by atoms with van der Waals surface area (Å²) < 4.78 is 0. The topological polar surface area (TPSA) is 57.5 Å². The number of aliphatic hydroxyl groups excluding tert-OH is 1. The summed E-state index contributed by atoms with van der Waals surface area (Å²) in [6, 6.07) is 0. The zero-order valence-electron chi connectivity index (χ0n) is 18.9. The van der Waals surface area contributed by atoms with Crippen LogP contribution in [0.3, 0.4) is 0 Å². The number of carbonyl (C=O) groups excluding carboxylic acids is 1. The zero-order chi connectivity index (χ0) is 20.7. The number of aliphatic hydroxyl groups is 2. The molecule has 168 valence electrons. The molecule has 3 heteroatoms. The monoisotopic (exact) mass is 398 g/mol. The lowest BCUT2D eigenvalue weighted by molar-refractivity contribution is -0.121. The Morgan fingerprint density at radius 1 is 0.536 bits per heavy atom.